The Balaban J connectivity index is 4.23. The minimum atomic E-state index is -1.62. The van der Waals surface area contributed by atoms with E-state index in [1.165, 1.54) is 167 Å². The first-order valence-electron chi connectivity index (χ1n) is 27.0. The minimum Gasteiger partial charge on any atom is -0.545 e. The Morgan fingerprint density at radius 3 is 1.16 bits per heavy atom. The maximum absolute atomic E-state index is 12.8. The average Bonchev–Trinajstić information content (AvgIpc) is 3.26. The van der Waals surface area contributed by atoms with Gasteiger partial charge in [-0.25, -0.2) is 0 Å². The first-order chi connectivity index (χ1) is 31.1. The Morgan fingerprint density at radius 1 is 0.453 bits per heavy atom. The van der Waals surface area contributed by atoms with Crippen molar-refractivity contribution in [1.82, 2.24) is 0 Å². The number of nitrogens with zero attached hydrogens (tertiary/aromatic N) is 1. The number of rotatable bonds is 50. The molecule has 0 heterocycles. The van der Waals surface area contributed by atoms with Crippen molar-refractivity contribution in [3.05, 3.63) is 24.3 Å². The van der Waals surface area contributed by atoms with Crippen LogP contribution in [0.4, 0.5) is 0 Å². The van der Waals surface area contributed by atoms with E-state index in [0.717, 1.165) is 51.4 Å². The zero-order valence-corrected chi connectivity index (χ0v) is 42.7. The lowest BCUT2D eigenvalue weighted by molar-refractivity contribution is -0.870. The lowest BCUT2D eigenvalue weighted by Gasteiger charge is -2.26. The maximum atomic E-state index is 12.8. The Hall–Kier alpha value is -2.23. The van der Waals surface area contributed by atoms with Crippen molar-refractivity contribution in [2.45, 2.75) is 264 Å². The van der Waals surface area contributed by atoms with Gasteiger partial charge >= 0.3 is 11.9 Å². The van der Waals surface area contributed by atoms with Gasteiger partial charge in [0, 0.05) is 12.8 Å². The van der Waals surface area contributed by atoms with Crippen molar-refractivity contribution < 1.29 is 42.9 Å². The van der Waals surface area contributed by atoms with Crippen LogP contribution in [0.3, 0.4) is 0 Å². The minimum absolute atomic E-state index is 0.148. The van der Waals surface area contributed by atoms with E-state index in [1.54, 1.807) is 0 Å². The molecule has 2 atom stereocenters. The number of likely N-dealkylation sites (N-methyl/N-ethyl adjacent to an activating group) is 1. The molecule has 0 saturated carbocycles. The highest BCUT2D eigenvalue weighted by atomic mass is 16.7. The smallest absolute Gasteiger partial charge is 0.306 e. The summed E-state index contributed by atoms with van der Waals surface area (Å²) in [5, 5.41) is 11.7. The number of aliphatic carboxylic acids is 1. The molecular weight excluding hydrogens is 803 g/mol. The van der Waals surface area contributed by atoms with Crippen molar-refractivity contribution in [2.75, 3.05) is 47.5 Å². The first kappa shape index (κ1) is 61.8. The average molecular weight is 906 g/mol. The van der Waals surface area contributed by atoms with E-state index in [2.05, 4.69) is 38.2 Å². The van der Waals surface area contributed by atoms with Gasteiger partial charge < -0.3 is 33.3 Å². The van der Waals surface area contributed by atoms with Crippen molar-refractivity contribution >= 4 is 17.9 Å². The molecule has 0 N–H and O–H groups in total. The Bertz CT molecular complexity index is 1100. The molecule has 0 aliphatic heterocycles. The lowest BCUT2D eigenvalue weighted by atomic mass is 10.0. The molecule has 0 aliphatic carbocycles. The Labute approximate surface area is 395 Å². The van der Waals surface area contributed by atoms with Gasteiger partial charge in [-0.05, 0) is 64.2 Å². The number of unbranched alkanes of at least 4 members (excludes halogenated alkanes) is 31. The van der Waals surface area contributed by atoms with Crippen molar-refractivity contribution in [3.63, 3.8) is 0 Å². The van der Waals surface area contributed by atoms with Crippen molar-refractivity contribution in [3.8, 4) is 0 Å². The van der Waals surface area contributed by atoms with E-state index in [4.69, 9.17) is 18.9 Å². The highest BCUT2D eigenvalue weighted by Crippen LogP contribution is 2.16. The molecule has 9 nitrogen and oxygen atoms in total. The zero-order chi connectivity index (χ0) is 47.0. The lowest BCUT2D eigenvalue weighted by Crippen LogP contribution is -2.44. The van der Waals surface area contributed by atoms with E-state index in [9.17, 15) is 19.5 Å². The van der Waals surface area contributed by atoms with Gasteiger partial charge in [0.25, 0.3) is 0 Å². The summed E-state index contributed by atoms with van der Waals surface area (Å²) in [5.74, 6) is -2.28. The summed E-state index contributed by atoms with van der Waals surface area (Å²) in [6, 6.07) is 0. The number of carboxylic acid groups (broad SMARTS) is 1. The van der Waals surface area contributed by atoms with E-state index in [1.807, 2.05) is 21.1 Å². The number of ether oxygens (including phenoxy) is 4. The topological polar surface area (TPSA) is 111 Å². The molecule has 9 heteroatoms. The largest absolute Gasteiger partial charge is 0.545 e. The van der Waals surface area contributed by atoms with Crippen LogP contribution in [0, 0.1) is 0 Å². The number of esters is 2. The summed E-state index contributed by atoms with van der Waals surface area (Å²) in [5.41, 5.74) is 0. The summed E-state index contributed by atoms with van der Waals surface area (Å²) in [6.45, 7) is 4.75. The number of allylic oxidation sites excluding steroid dienone is 4. The van der Waals surface area contributed by atoms with Crippen LogP contribution in [-0.4, -0.2) is 82.3 Å². The number of carbonyl (C=O) groups excluding carboxylic acids is 3. The molecule has 0 fully saturated rings. The monoisotopic (exact) mass is 906 g/mol. The molecule has 0 rings (SSSR count). The van der Waals surface area contributed by atoms with Gasteiger partial charge in [-0.1, -0.05) is 199 Å². The molecule has 376 valence electrons. The van der Waals surface area contributed by atoms with E-state index in [0.29, 0.717) is 17.4 Å². The molecule has 0 amide bonds. The second-order valence-electron chi connectivity index (χ2n) is 19.5. The predicted octanol–water partition coefficient (Wildman–Crippen LogP) is 13.8. The molecule has 2 unspecified atom stereocenters. The molecule has 0 aromatic carbocycles. The van der Waals surface area contributed by atoms with Crippen molar-refractivity contribution in [1.29, 1.82) is 0 Å². The fourth-order valence-electron chi connectivity index (χ4n) is 7.70. The van der Waals surface area contributed by atoms with Crippen LogP contribution < -0.4 is 5.11 Å². The van der Waals surface area contributed by atoms with Gasteiger partial charge in [-0.2, -0.15) is 0 Å². The molecule has 0 aromatic heterocycles. The molecule has 64 heavy (non-hydrogen) atoms. The predicted molar refractivity (Wildman–Crippen MR) is 265 cm³/mol. The van der Waals surface area contributed by atoms with Crippen LogP contribution in [0.25, 0.3) is 0 Å². The van der Waals surface area contributed by atoms with Crippen LogP contribution in [-0.2, 0) is 33.3 Å². The molecule has 0 bridgehead atoms. The molecule has 0 saturated heterocycles. The van der Waals surface area contributed by atoms with Gasteiger partial charge in [0.15, 0.2) is 12.4 Å². The van der Waals surface area contributed by atoms with Crippen LogP contribution in [0.5, 0.6) is 0 Å². The molecule has 0 aromatic rings. The first-order valence-corrected chi connectivity index (χ1v) is 27.0. The maximum Gasteiger partial charge on any atom is 0.306 e. The number of carboxylic acids is 1. The van der Waals surface area contributed by atoms with Gasteiger partial charge in [-0.15, -0.1) is 0 Å². The van der Waals surface area contributed by atoms with E-state index < -0.39 is 24.3 Å². The van der Waals surface area contributed by atoms with E-state index >= 15 is 0 Å². The number of carbonyl (C=O) groups is 3. The standard InChI is InChI=1S/C55H103NO8/c1-6-8-10-12-14-16-18-20-22-23-24-25-26-27-28-29-30-31-32-34-36-38-40-42-44-46-53(58)64-51(50-63-55(54(59)60)61-48-47-56(3,4)5)49-62-52(57)45-43-41-39-37-35-33-21-19-17-15-13-11-9-7-2/h19,21,23-24,51,55H,6-18,20,22,25-50H2,1-5H3/b21-19-,24-23-. The molecule has 0 spiro atoms. The second-order valence-corrected chi connectivity index (χ2v) is 19.5. The summed E-state index contributed by atoms with van der Waals surface area (Å²) < 4.78 is 22.6. The highest BCUT2D eigenvalue weighted by molar-refractivity contribution is 5.70. The fraction of sp³-hybridized carbons (Fsp3) is 0.873. The fourth-order valence-corrected chi connectivity index (χ4v) is 7.70. The Morgan fingerprint density at radius 2 is 0.797 bits per heavy atom. The van der Waals surface area contributed by atoms with E-state index in [-0.39, 0.29) is 38.6 Å². The van der Waals surface area contributed by atoms with Gasteiger partial charge in [0.2, 0.25) is 0 Å². The quantitative estimate of drug-likeness (QED) is 0.0195. The highest BCUT2D eigenvalue weighted by Gasteiger charge is 2.22. The third-order valence-corrected chi connectivity index (χ3v) is 11.9. The molecule has 0 radical (unpaired) electrons. The van der Waals surface area contributed by atoms with Crippen LogP contribution in [0.1, 0.15) is 251 Å². The number of quaternary nitrogens is 1. The summed E-state index contributed by atoms with van der Waals surface area (Å²) in [4.78, 5) is 37.1. The Kier molecular flexibility index (Phi) is 45.6. The third-order valence-electron chi connectivity index (χ3n) is 11.9. The van der Waals surface area contributed by atoms with Crippen LogP contribution in [0.15, 0.2) is 24.3 Å². The van der Waals surface area contributed by atoms with Gasteiger partial charge in [-0.3, -0.25) is 9.59 Å². The number of hydrogen-bond acceptors (Lipinski definition) is 8. The summed E-state index contributed by atoms with van der Waals surface area (Å²) >= 11 is 0. The third kappa shape index (κ3) is 47.7. The van der Waals surface area contributed by atoms with Gasteiger partial charge in [0.05, 0.1) is 40.3 Å². The second kappa shape index (κ2) is 47.3. The molecular formula is C55H103NO8. The summed E-state index contributed by atoms with van der Waals surface area (Å²) in [7, 11) is 5.92. The normalized spacial score (nSPS) is 13.0. The molecule has 0 aliphatic rings. The summed E-state index contributed by atoms with van der Waals surface area (Å²) in [6.07, 6.45) is 50.8. The van der Waals surface area contributed by atoms with Crippen LogP contribution >= 0.6 is 0 Å². The zero-order valence-electron chi connectivity index (χ0n) is 42.7. The SMILES string of the molecule is CCCCCCC/C=C\CCCCCCCC(=O)OCC(COC(OCC[N+](C)(C)C)C(=O)[O-])OC(=O)CCCCCCCCCCCCCCC/C=C\CCCCCCCCCC. The van der Waals surface area contributed by atoms with Crippen molar-refractivity contribution in [2.24, 2.45) is 0 Å². The number of hydrogen-bond donors (Lipinski definition) is 0. The van der Waals surface area contributed by atoms with Crippen LogP contribution in [0.2, 0.25) is 0 Å². The van der Waals surface area contributed by atoms with Gasteiger partial charge in [0.1, 0.15) is 13.2 Å².